The SMILES string of the molecule is CCSCCC(C)NC(=O)c1nnc(Cl)s1. The molecular formula is C9H14ClN3OS2. The number of nitrogens with zero attached hydrogens (tertiary/aromatic N) is 2. The Morgan fingerprint density at radius 1 is 1.62 bits per heavy atom. The second kappa shape index (κ2) is 7.09. The molecule has 0 aliphatic heterocycles. The van der Waals surface area contributed by atoms with Gasteiger partial charge in [0, 0.05) is 6.04 Å². The van der Waals surface area contributed by atoms with E-state index in [1.807, 2.05) is 18.7 Å². The van der Waals surface area contributed by atoms with Crippen LogP contribution in [0.3, 0.4) is 0 Å². The quantitative estimate of drug-likeness (QED) is 0.813. The molecule has 1 unspecified atom stereocenters. The van der Waals surface area contributed by atoms with E-state index >= 15 is 0 Å². The number of carbonyl (C=O) groups is 1. The highest BCUT2D eigenvalue weighted by molar-refractivity contribution is 7.99. The van der Waals surface area contributed by atoms with Crippen molar-refractivity contribution in [1.82, 2.24) is 15.5 Å². The Balaban J connectivity index is 2.33. The van der Waals surface area contributed by atoms with Crippen LogP contribution in [0.25, 0.3) is 0 Å². The smallest absolute Gasteiger partial charge is 0.282 e. The molecule has 0 aliphatic carbocycles. The van der Waals surface area contributed by atoms with Gasteiger partial charge in [0.05, 0.1) is 0 Å². The fraction of sp³-hybridized carbons (Fsp3) is 0.667. The van der Waals surface area contributed by atoms with Crippen molar-refractivity contribution in [3.8, 4) is 0 Å². The Kier molecular flexibility index (Phi) is 6.08. The first-order valence-corrected chi connectivity index (χ1v) is 7.36. The molecule has 0 bridgehead atoms. The van der Waals surface area contributed by atoms with E-state index in [0.29, 0.717) is 9.47 Å². The Labute approximate surface area is 108 Å². The first-order chi connectivity index (χ1) is 7.63. The maximum Gasteiger partial charge on any atom is 0.282 e. The van der Waals surface area contributed by atoms with Gasteiger partial charge in [-0.2, -0.15) is 11.8 Å². The Morgan fingerprint density at radius 3 is 2.94 bits per heavy atom. The molecule has 0 saturated heterocycles. The zero-order chi connectivity index (χ0) is 12.0. The van der Waals surface area contributed by atoms with E-state index in [0.717, 1.165) is 29.3 Å². The zero-order valence-electron chi connectivity index (χ0n) is 9.20. The third-order valence-corrected chi connectivity index (χ3v) is 3.82. The maximum atomic E-state index is 11.6. The van der Waals surface area contributed by atoms with Crippen LogP contribution in [0.1, 0.15) is 30.1 Å². The largest absolute Gasteiger partial charge is 0.347 e. The summed E-state index contributed by atoms with van der Waals surface area (Å²) in [5.74, 6) is 1.96. The molecule has 1 atom stereocenters. The summed E-state index contributed by atoms with van der Waals surface area (Å²) in [5.41, 5.74) is 0. The number of amides is 1. The van der Waals surface area contributed by atoms with Crippen LogP contribution < -0.4 is 5.32 Å². The third kappa shape index (κ3) is 4.67. The van der Waals surface area contributed by atoms with Crippen LogP contribution >= 0.6 is 34.7 Å². The van der Waals surface area contributed by atoms with Crippen LogP contribution in [0.4, 0.5) is 0 Å². The summed E-state index contributed by atoms with van der Waals surface area (Å²) in [4.78, 5) is 11.6. The molecule has 7 heteroatoms. The van der Waals surface area contributed by atoms with Crippen molar-refractivity contribution in [3.63, 3.8) is 0 Å². The predicted molar refractivity (Wildman–Crippen MR) is 69.5 cm³/mol. The van der Waals surface area contributed by atoms with Crippen LogP contribution in [-0.4, -0.2) is 33.7 Å². The number of aromatic nitrogens is 2. The van der Waals surface area contributed by atoms with Crippen LogP contribution in [0.2, 0.25) is 4.47 Å². The van der Waals surface area contributed by atoms with Gasteiger partial charge in [0.15, 0.2) is 0 Å². The van der Waals surface area contributed by atoms with Crippen molar-refractivity contribution in [1.29, 1.82) is 0 Å². The lowest BCUT2D eigenvalue weighted by Gasteiger charge is -2.11. The molecular weight excluding hydrogens is 266 g/mol. The van der Waals surface area contributed by atoms with Gasteiger partial charge in [-0.3, -0.25) is 4.79 Å². The van der Waals surface area contributed by atoms with Crippen LogP contribution in [-0.2, 0) is 0 Å². The molecule has 0 radical (unpaired) electrons. The minimum atomic E-state index is -0.196. The van der Waals surface area contributed by atoms with Gasteiger partial charge in [-0.1, -0.05) is 18.3 Å². The van der Waals surface area contributed by atoms with Crippen molar-refractivity contribution in [2.24, 2.45) is 0 Å². The standard InChI is InChI=1S/C9H14ClN3OS2/c1-3-15-5-4-6(2)11-7(14)8-12-13-9(10)16-8/h6H,3-5H2,1-2H3,(H,11,14). The predicted octanol–water partition coefficient (Wildman–Crippen LogP) is 2.45. The molecule has 1 heterocycles. The molecule has 0 spiro atoms. The Bertz CT molecular complexity index is 345. The van der Waals surface area contributed by atoms with E-state index in [2.05, 4.69) is 22.4 Å². The van der Waals surface area contributed by atoms with Crippen molar-refractivity contribution in [2.45, 2.75) is 26.3 Å². The number of carbonyl (C=O) groups excluding carboxylic acids is 1. The van der Waals surface area contributed by atoms with Gasteiger partial charge < -0.3 is 5.32 Å². The topological polar surface area (TPSA) is 54.9 Å². The highest BCUT2D eigenvalue weighted by Gasteiger charge is 2.14. The lowest BCUT2D eigenvalue weighted by molar-refractivity contribution is 0.0938. The number of hydrogen-bond donors (Lipinski definition) is 1. The minimum absolute atomic E-state index is 0.147. The number of halogens is 1. The summed E-state index contributed by atoms with van der Waals surface area (Å²) in [7, 11) is 0. The van der Waals surface area contributed by atoms with Gasteiger partial charge in [-0.15, -0.1) is 10.2 Å². The van der Waals surface area contributed by atoms with Gasteiger partial charge in [0.1, 0.15) is 0 Å². The molecule has 16 heavy (non-hydrogen) atoms. The summed E-state index contributed by atoms with van der Waals surface area (Å²) < 4.78 is 0.291. The number of rotatable bonds is 6. The van der Waals surface area contributed by atoms with E-state index in [4.69, 9.17) is 11.6 Å². The lowest BCUT2D eigenvalue weighted by Crippen LogP contribution is -2.32. The van der Waals surface area contributed by atoms with Gasteiger partial charge in [-0.25, -0.2) is 0 Å². The second-order valence-electron chi connectivity index (χ2n) is 3.22. The van der Waals surface area contributed by atoms with E-state index in [-0.39, 0.29) is 11.9 Å². The Hall–Kier alpha value is -0.330. The molecule has 0 aromatic carbocycles. The van der Waals surface area contributed by atoms with Gasteiger partial charge in [0.2, 0.25) is 9.47 Å². The molecule has 90 valence electrons. The fourth-order valence-corrected chi connectivity index (χ4v) is 2.60. The first-order valence-electron chi connectivity index (χ1n) is 5.01. The second-order valence-corrected chi connectivity index (χ2v) is 6.17. The van der Waals surface area contributed by atoms with E-state index < -0.39 is 0 Å². The molecule has 4 nitrogen and oxygen atoms in total. The average Bonchev–Trinajstić information content (AvgIpc) is 2.65. The molecule has 0 aliphatic rings. The fourth-order valence-electron chi connectivity index (χ4n) is 1.06. The lowest BCUT2D eigenvalue weighted by atomic mass is 10.2. The average molecular weight is 280 g/mol. The number of thioether (sulfide) groups is 1. The molecule has 1 N–H and O–H groups in total. The van der Waals surface area contributed by atoms with Crippen LogP contribution in [0.15, 0.2) is 0 Å². The summed E-state index contributed by atoms with van der Waals surface area (Å²) in [6.07, 6.45) is 0.955. The monoisotopic (exact) mass is 279 g/mol. The molecule has 0 fully saturated rings. The Morgan fingerprint density at radius 2 is 2.38 bits per heavy atom. The van der Waals surface area contributed by atoms with E-state index in [9.17, 15) is 4.79 Å². The summed E-state index contributed by atoms with van der Waals surface area (Å²) in [6.45, 7) is 4.11. The highest BCUT2D eigenvalue weighted by Crippen LogP contribution is 2.14. The van der Waals surface area contributed by atoms with Crippen molar-refractivity contribution >= 4 is 40.6 Å². The summed E-state index contributed by atoms with van der Waals surface area (Å²) in [6, 6.07) is 0.147. The first kappa shape index (κ1) is 13.7. The summed E-state index contributed by atoms with van der Waals surface area (Å²) >= 11 is 8.56. The van der Waals surface area contributed by atoms with E-state index in [1.165, 1.54) is 0 Å². The molecule has 1 aromatic heterocycles. The normalized spacial score (nSPS) is 12.4. The van der Waals surface area contributed by atoms with Gasteiger partial charge in [-0.05, 0) is 36.5 Å². The summed E-state index contributed by atoms with van der Waals surface area (Å²) in [5, 5.41) is 10.5. The van der Waals surface area contributed by atoms with Gasteiger partial charge in [0.25, 0.3) is 5.91 Å². The van der Waals surface area contributed by atoms with E-state index in [1.54, 1.807) is 0 Å². The van der Waals surface area contributed by atoms with Crippen molar-refractivity contribution in [2.75, 3.05) is 11.5 Å². The van der Waals surface area contributed by atoms with Crippen LogP contribution in [0.5, 0.6) is 0 Å². The maximum absolute atomic E-state index is 11.6. The third-order valence-electron chi connectivity index (χ3n) is 1.87. The number of hydrogen-bond acceptors (Lipinski definition) is 5. The highest BCUT2D eigenvalue weighted by atomic mass is 35.5. The molecule has 1 amide bonds. The number of nitrogens with one attached hydrogen (secondary N) is 1. The molecule has 1 rings (SSSR count). The molecule has 0 saturated carbocycles. The van der Waals surface area contributed by atoms with Crippen molar-refractivity contribution in [3.05, 3.63) is 9.47 Å². The van der Waals surface area contributed by atoms with Crippen molar-refractivity contribution < 1.29 is 4.79 Å². The molecule has 1 aromatic rings. The zero-order valence-corrected chi connectivity index (χ0v) is 11.6. The van der Waals surface area contributed by atoms with Gasteiger partial charge >= 0.3 is 0 Å². The minimum Gasteiger partial charge on any atom is -0.347 e. The van der Waals surface area contributed by atoms with Crippen LogP contribution in [0, 0.1) is 0 Å².